The molecular formula is C35H41F3N2O2. The van der Waals surface area contributed by atoms with Crippen LogP contribution in [-0.4, -0.2) is 48.1 Å². The van der Waals surface area contributed by atoms with Crippen LogP contribution < -0.4 is 4.74 Å². The molecule has 224 valence electrons. The van der Waals surface area contributed by atoms with E-state index in [2.05, 4.69) is 57.9 Å². The van der Waals surface area contributed by atoms with Gasteiger partial charge in [0.25, 0.3) is 0 Å². The topological polar surface area (TPSA) is 32.8 Å². The Bertz CT molecular complexity index is 1350. The number of carbonyl (C=O) groups is 1. The lowest BCUT2D eigenvalue weighted by molar-refractivity contribution is -0.274. The summed E-state index contributed by atoms with van der Waals surface area (Å²) in [6, 6.07) is 21.0. The first kappa shape index (κ1) is 30.3. The summed E-state index contributed by atoms with van der Waals surface area (Å²) in [5, 5.41) is 0. The van der Waals surface area contributed by atoms with Gasteiger partial charge >= 0.3 is 6.36 Å². The quantitative estimate of drug-likeness (QED) is 0.230. The minimum atomic E-state index is -4.70. The molecule has 0 saturated carbocycles. The van der Waals surface area contributed by atoms with Gasteiger partial charge < -0.3 is 4.74 Å². The summed E-state index contributed by atoms with van der Waals surface area (Å²) < 4.78 is 41.9. The maximum atomic E-state index is 13.1. The van der Waals surface area contributed by atoms with Crippen LogP contribution in [0.4, 0.5) is 13.2 Å². The molecule has 0 radical (unpaired) electrons. The molecule has 3 aromatic carbocycles. The number of Topliss-reactive ketones (excluding diaryl/α,β-unsaturated/α-hetero) is 1. The molecule has 1 saturated heterocycles. The summed E-state index contributed by atoms with van der Waals surface area (Å²) in [6.07, 6.45) is 2.01. The summed E-state index contributed by atoms with van der Waals surface area (Å²) in [6.45, 7) is 7.62. The standard InChI is InChI=1S/C35H41F3N2O2/c1-26-6-2-3-9-32(26)25-40-18-14-27(15-19-40)7-5-11-34(41)31-13-12-29-16-20-39(21-17-30(29)23-31)24-28-8-4-10-33(22-28)42-35(36,37)38/h2-4,6,8-10,12-13,22-23,27H,5,7,11,14-21,24-25H2,1H3. The number of carbonyl (C=O) groups excluding carboxylic acids is 1. The molecular weight excluding hydrogens is 537 g/mol. The van der Waals surface area contributed by atoms with Crippen molar-refractivity contribution in [3.05, 3.63) is 100 Å². The van der Waals surface area contributed by atoms with E-state index in [0.717, 1.165) is 69.5 Å². The van der Waals surface area contributed by atoms with Crippen molar-refractivity contribution in [2.24, 2.45) is 5.92 Å². The molecule has 2 aliphatic heterocycles. The Kier molecular flexibility index (Phi) is 10.0. The highest BCUT2D eigenvalue weighted by Crippen LogP contribution is 2.27. The van der Waals surface area contributed by atoms with Crippen LogP contribution in [-0.2, 0) is 25.9 Å². The highest BCUT2D eigenvalue weighted by molar-refractivity contribution is 5.96. The number of halogens is 3. The number of nitrogens with zero attached hydrogens (tertiary/aromatic N) is 2. The van der Waals surface area contributed by atoms with E-state index in [1.807, 2.05) is 12.1 Å². The average Bonchev–Trinajstić information content (AvgIpc) is 3.16. The Balaban J connectivity index is 1.06. The van der Waals surface area contributed by atoms with Crippen molar-refractivity contribution in [3.63, 3.8) is 0 Å². The summed E-state index contributed by atoms with van der Waals surface area (Å²) >= 11 is 0. The minimum absolute atomic E-state index is 0.190. The van der Waals surface area contributed by atoms with E-state index < -0.39 is 6.36 Å². The second-order valence-electron chi connectivity index (χ2n) is 11.9. The fraction of sp³-hybridized carbons (Fsp3) is 0.457. The summed E-state index contributed by atoms with van der Waals surface area (Å²) in [7, 11) is 0. The zero-order valence-electron chi connectivity index (χ0n) is 24.5. The number of hydrogen-bond acceptors (Lipinski definition) is 4. The van der Waals surface area contributed by atoms with Crippen molar-refractivity contribution in [2.75, 3.05) is 26.2 Å². The van der Waals surface area contributed by atoms with Gasteiger partial charge in [0.15, 0.2) is 5.78 Å². The molecule has 0 spiro atoms. The number of fused-ring (bicyclic) bond motifs is 1. The largest absolute Gasteiger partial charge is 0.573 e. The molecule has 7 heteroatoms. The molecule has 2 aliphatic rings. The second-order valence-corrected chi connectivity index (χ2v) is 11.9. The summed E-state index contributed by atoms with van der Waals surface area (Å²) in [5.74, 6) is 0.729. The predicted octanol–water partition coefficient (Wildman–Crippen LogP) is 7.76. The first-order valence-electron chi connectivity index (χ1n) is 15.2. The van der Waals surface area contributed by atoms with E-state index >= 15 is 0 Å². The Labute approximate surface area is 247 Å². The molecule has 0 atom stereocenters. The van der Waals surface area contributed by atoms with Crippen molar-refractivity contribution < 1.29 is 22.7 Å². The van der Waals surface area contributed by atoms with Crippen LogP contribution in [0.1, 0.15) is 70.3 Å². The molecule has 5 rings (SSSR count). The van der Waals surface area contributed by atoms with Crippen molar-refractivity contribution in [1.29, 1.82) is 0 Å². The normalized spacial score (nSPS) is 17.0. The number of aryl methyl sites for hydroxylation is 1. The van der Waals surface area contributed by atoms with Gasteiger partial charge in [-0.05, 0) is 110 Å². The number of ether oxygens (including phenoxy) is 1. The van der Waals surface area contributed by atoms with Crippen LogP contribution in [0.15, 0.2) is 66.7 Å². The highest BCUT2D eigenvalue weighted by Gasteiger charge is 2.31. The predicted molar refractivity (Wildman–Crippen MR) is 160 cm³/mol. The van der Waals surface area contributed by atoms with Crippen molar-refractivity contribution >= 4 is 5.78 Å². The van der Waals surface area contributed by atoms with Crippen LogP contribution >= 0.6 is 0 Å². The average molecular weight is 579 g/mol. The van der Waals surface area contributed by atoms with Gasteiger partial charge in [-0.1, -0.05) is 48.5 Å². The van der Waals surface area contributed by atoms with Crippen LogP contribution in [0.5, 0.6) is 5.75 Å². The molecule has 4 nitrogen and oxygen atoms in total. The van der Waals surface area contributed by atoms with Gasteiger partial charge in [-0.25, -0.2) is 0 Å². The lowest BCUT2D eigenvalue weighted by Gasteiger charge is -2.32. The van der Waals surface area contributed by atoms with Gasteiger partial charge in [-0.3, -0.25) is 14.6 Å². The molecule has 0 N–H and O–H groups in total. The zero-order chi connectivity index (χ0) is 29.5. The Morgan fingerprint density at radius 3 is 2.36 bits per heavy atom. The molecule has 0 aliphatic carbocycles. The minimum Gasteiger partial charge on any atom is -0.406 e. The molecule has 3 aromatic rings. The molecule has 1 fully saturated rings. The van der Waals surface area contributed by atoms with E-state index in [1.54, 1.807) is 6.07 Å². The molecule has 42 heavy (non-hydrogen) atoms. The van der Waals surface area contributed by atoms with Gasteiger partial charge in [0.05, 0.1) is 0 Å². The SMILES string of the molecule is Cc1ccccc1CN1CCC(CCCC(=O)c2ccc3c(c2)CCN(Cc2cccc(OC(F)(F)F)c2)CC3)CC1. The van der Waals surface area contributed by atoms with Crippen LogP contribution in [0.3, 0.4) is 0 Å². The van der Waals surface area contributed by atoms with Crippen molar-refractivity contribution in [2.45, 2.75) is 71.3 Å². The second kappa shape index (κ2) is 13.9. The zero-order valence-corrected chi connectivity index (χ0v) is 24.5. The third-order valence-corrected chi connectivity index (χ3v) is 8.84. The highest BCUT2D eigenvalue weighted by atomic mass is 19.4. The lowest BCUT2D eigenvalue weighted by atomic mass is 9.90. The number of alkyl halides is 3. The number of likely N-dealkylation sites (tertiary alicyclic amines) is 1. The van der Waals surface area contributed by atoms with Gasteiger partial charge in [0.2, 0.25) is 0 Å². The maximum absolute atomic E-state index is 13.1. The fourth-order valence-electron chi connectivity index (χ4n) is 6.36. The lowest BCUT2D eigenvalue weighted by Crippen LogP contribution is -2.33. The Hall–Kier alpha value is -3.16. The third-order valence-electron chi connectivity index (χ3n) is 8.84. The van der Waals surface area contributed by atoms with E-state index in [1.165, 1.54) is 47.2 Å². The smallest absolute Gasteiger partial charge is 0.406 e. The first-order valence-corrected chi connectivity index (χ1v) is 15.2. The number of hydrogen-bond donors (Lipinski definition) is 0. The van der Waals surface area contributed by atoms with E-state index in [9.17, 15) is 18.0 Å². The van der Waals surface area contributed by atoms with Crippen LogP contribution in [0.2, 0.25) is 0 Å². The number of benzene rings is 3. The first-order chi connectivity index (χ1) is 20.2. The van der Waals surface area contributed by atoms with Crippen molar-refractivity contribution in [3.8, 4) is 5.75 Å². The number of piperidine rings is 1. The fourth-order valence-corrected chi connectivity index (χ4v) is 6.36. The van der Waals surface area contributed by atoms with E-state index in [0.29, 0.717) is 18.9 Å². The molecule has 0 bridgehead atoms. The summed E-state index contributed by atoms with van der Waals surface area (Å²) in [5.41, 5.74) is 6.82. The monoisotopic (exact) mass is 578 g/mol. The summed E-state index contributed by atoms with van der Waals surface area (Å²) in [4.78, 5) is 17.9. The molecule has 0 aromatic heterocycles. The third kappa shape index (κ3) is 8.68. The van der Waals surface area contributed by atoms with E-state index in [-0.39, 0.29) is 11.5 Å². The van der Waals surface area contributed by atoms with Crippen LogP contribution in [0, 0.1) is 12.8 Å². The Morgan fingerprint density at radius 2 is 1.60 bits per heavy atom. The van der Waals surface area contributed by atoms with Crippen molar-refractivity contribution in [1.82, 2.24) is 9.80 Å². The number of ketones is 1. The van der Waals surface area contributed by atoms with Gasteiger partial charge in [-0.2, -0.15) is 0 Å². The van der Waals surface area contributed by atoms with Crippen LogP contribution in [0.25, 0.3) is 0 Å². The van der Waals surface area contributed by atoms with Gasteiger partial charge in [0.1, 0.15) is 5.75 Å². The molecule has 2 heterocycles. The Morgan fingerprint density at radius 1 is 0.857 bits per heavy atom. The van der Waals surface area contributed by atoms with E-state index in [4.69, 9.17) is 0 Å². The maximum Gasteiger partial charge on any atom is 0.573 e. The molecule has 0 amide bonds. The van der Waals surface area contributed by atoms with Gasteiger partial charge in [0, 0.05) is 38.2 Å². The van der Waals surface area contributed by atoms with Gasteiger partial charge in [-0.15, -0.1) is 13.2 Å². The number of rotatable bonds is 10. The molecule has 0 unspecified atom stereocenters.